The van der Waals surface area contributed by atoms with Gasteiger partial charge in [0.1, 0.15) is 11.7 Å². The average molecular weight is 269 g/mol. The Kier molecular flexibility index (Phi) is 4.62. The van der Waals surface area contributed by atoms with Crippen LogP contribution in [0.1, 0.15) is 30.8 Å². The fourth-order valence-corrected chi connectivity index (χ4v) is 1.49. The summed E-state index contributed by atoms with van der Waals surface area (Å²) in [7, 11) is 0. The van der Waals surface area contributed by atoms with E-state index in [1.54, 1.807) is 13.8 Å². The number of carboxylic acids is 1. The molecule has 2 atom stereocenters. The van der Waals surface area contributed by atoms with Crippen LogP contribution in [0.25, 0.3) is 0 Å². The van der Waals surface area contributed by atoms with Crippen LogP contribution in [0, 0.1) is 5.92 Å². The van der Waals surface area contributed by atoms with E-state index < -0.39 is 29.2 Å². The van der Waals surface area contributed by atoms with Crippen molar-refractivity contribution >= 4 is 11.9 Å². The molecule has 0 saturated carbocycles. The van der Waals surface area contributed by atoms with Gasteiger partial charge < -0.3 is 15.4 Å². The highest BCUT2D eigenvalue weighted by Crippen LogP contribution is 2.08. The maximum Gasteiger partial charge on any atom is 0.326 e. The van der Waals surface area contributed by atoms with Crippen LogP contribution in [0.5, 0.6) is 0 Å². The van der Waals surface area contributed by atoms with Gasteiger partial charge in [0.2, 0.25) is 0 Å². The van der Waals surface area contributed by atoms with Crippen molar-refractivity contribution in [2.75, 3.05) is 0 Å². The summed E-state index contributed by atoms with van der Waals surface area (Å²) < 4.78 is 0. The molecular weight excluding hydrogens is 254 g/mol. The first-order chi connectivity index (χ1) is 8.85. The zero-order valence-electron chi connectivity index (χ0n) is 10.5. The van der Waals surface area contributed by atoms with Gasteiger partial charge in [-0.1, -0.05) is 20.3 Å². The molecule has 0 radical (unpaired) electrons. The first kappa shape index (κ1) is 14.7. The fourth-order valence-electron chi connectivity index (χ4n) is 1.49. The number of hydrogen-bond donors (Lipinski definition) is 4. The number of aliphatic carboxylic acids is 1. The van der Waals surface area contributed by atoms with E-state index in [9.17, 15) is 19.2 Å². The minimum atomic E-state index is -1.17. The second-order valence-corrected chi connectivity index (χ2v) is 4.18. The van der Waals surface area contributed by atoms with E-state index in [2.05, 4.69) is 10.3 Å². The molecule has 0 aromatic carbocycles. The molecule has 8 nitrogen and oxygen atoms in total. The van der Waals surface area contributed by atoms with Gasteiger partial charge in [0, 0.05) is 6.07 Å². The Hall–Kier alpha value is -2.38. The first-order valence-corrected chi connectivity index (χ1v) is 5.72. The lowest BCUT2D eigenvalue weighted by Crippen LogP contribution is -2.46. The summed E-state index contributed by atoms with van der Waals surface area (Å²) in [6.07, 6.45) is 0.559. The number of carbonyl (C=O) groups excluding carboxylic acids is 1. The topological polar surface area (TPSA) is 132 Å². The highest BCUT2D eigenvalue weighted by Gasteiger charge is 2.26. The van der Waals surface area contributed by atoms with Crippen molar-refractivity contribution in [3.63, 3.8) is 0 Å². The van der Waals surface area contributed by atoms with Crippen molar-refractivity contribution < 1.29 is 14.7 Å². The van der Waals surface area contributed by atoms with Gasteiger partial charge in [0.15, 0.2) is 0 Å². The molecule has 0 fully saturated rings. The van der Waals surface area contributed by atoms with Crippen LogP contribution in [0.2, 0.25) is 0 Å². The molecule has 4 N–H and O–H groups in total. The van der Waals surface area contributed by atoms with Gasteiger partial charge >= 0.3 is 11.7 Å². The van der Waals surface area contributed by atoms with Crippen molar-refractivity contribution in [3.05, 3.63) is 32.6 Å². The Morgan fingerprint density at radius 1 is 1.37 bits per heavy atom. The van der Waals surface area contributed by atoms with Gasteiger partial charge in [-0.3, -0.25) is 14.6 Å². The van der Waals surface area contributed by atoms with E-state index >= 15 is 0 Å². The molecule has 1 amide bonds. The van der Waals surface area contributed by atoms with Crippen LogP contribution in [-0.4, -0.2) is 33.0 Å². The highest BCUT2D eigenvalue weighted by atomic mass is 16.4. The average Bonchev–Trinajstić information content (AvgIpc) is 2.33. The molecule has 104 valence electrons. The van der Waals surface area contributed by atoms with E-state index in [4.69, 9.17) is 5.11 Å². The fraction of sp³-hybridized carbons (Fsp3) is 0.455. The molecule has 0 aliphatic carbocycles. The summed E-state index contributed by atoms with van der Waals surface area (Å²) in [5, 5.41) is 11.3. The highest BCUT2D eigenvalue weighted by molar-refractivity contribution is 5.94. The van der Waals surface area contributed by atoms with E-state index in [0.717, 1.165) is 6.07 Å². The lowest BCUT2D eigenvalue weighted by Gasteiger charge is -2.19. The first-order valence-electron chi connectivity index (χ1n) is 5.72. The molecule has 0 bridgehead atoms. The largest absolute Gasteiger partial charge is 0.480 e. The minimum absolute atomic E-state index is 0.275. The number of carboxylic acid groups (broad SMARTS) is 1. The third kappa shape index (κ3) is 3.80. The van der Waals surface area contributed by atoms with Crippen molar-refractivity contribution in [1.29, 1.82) is 0 Å². The van der Waals surface area contributed by atoms with E-state index in [-0.39, 0.29) is 11.6 Å². The number of nitrogens with one attached hydrogen (secondary N) is 3. The molecule has 1 aromatic heterocycles. The molecule has 1 heterocycles. The zero-order valence-corrected chi connectivity index (χ0v) is 10.5. The molecular formula is C11H15N3O5. The van der Waals surface area contributed by atoms with Crippen molar-refractivity contribution in [2.24, 2.45) is 5.92 Å². The van der Waals surface area contributed by atoms with Gasteiger partial charge in [-0.05, 0) is 5.92 Å². The lowest BCUT2D eigenvalue weighted by molar-refractivity contribution is -0.140. The van der Waals surface area contributed by atoms with Gasteiger partial charge in [-0.2, -0.15) is 0 Å². The van der Waals surface area contributed by atoms with E-state index in [0.29, 0.717) is 6.42 Å². The summed E-state index contributed by atoms with van der Waals surface area (Å²) in [5.74, 6) is -2.26. The molecule has 0 aliphatic heterocycles. The van der Waals surface area contributed by atoms with Crippen LogP contribution >= 0.6 is 0 Å². The third-order valence-corrected chi connectivity index (χ3v) is 2.77. The van der Waals surface area contributed by atoms with Gasteiger partial charge in [0.05, 0.1) is 0 Å². The van der Waals surface area contributed by atoms with Crippen LogP contribution in [0.3, 0.4) is 0 Å². The molecule has 1 aromatic rings. The number of carbonyl (C=O) groups is 2. The predicted octanol–water partition coefficient (Wildman–Crippen LogP) is -0.708. The third-order valence-electron chi connectivity index (χ3n) is 2.77. The number of rotatable bonds is 5. The molecule has 0 spiro atoms. The smallest absolute Gasteiger partial charge is 0.326 e. The summed E-state index contributed by atoms with van der Waals surface area (Å²) in [6.45, 7) is 3.47. The maximum absolute atomic E-state index is 11.8. The van der Waals surface area contributed by atoms with E-state index in [1.165, 1.54) is 0 Å². The minimum Gasteiger partial charge on any atom is -0.480 e. The summed E-state index contributed by atoms with van der Waals surface area (Å²) >= 11 is 0. The zero-order chi connectivity index (χ0) is 14.6. The van der Waals surface area contributed by atoms with Gasteiger partial charge in [-0.15, -0.1) is 0 Å². The predicted molar refractivity (Wildman–Crippen MR) is 66.0 cm³/mol. The van der Waals surface area contributed by atoms with Crippen LogP contribution in [-0.2, 0) is 4.79 Å². The van der Waals surface area contributed by atoms with Crippen LogP contribution in [0.4, 0.5) is 0 Å². The van der Waals surface area contributed by atoms with Gasteiger partial charge in [-0.25, -0.2) is 9.59 Å². The summed E-state index contributed by atoms with van der Waals surface area (Å²) in [6, 6.07) is -0.188. The SMILES string of the molecule is CCC(C)[C@H](NC(=O)c1cc(=O)[nH]c(=O)[nH]1)C(=O)O. The Morgan fingerprint density at radius 2 is 2.00 bits per heavy atom. The number of aromatic amines is 2. The molecule has 0 aliphatic rings. The van der Waals surface area contributed by atoms with Crippen molar-refractivity contribution in [1.82, 2.24) is 15.3 Å². The molecule has 19 heavy (non-hydrogen) atoms. The Labute approximate surface area is 107 Å². The van der Waals surface area contributed by atoms with Crippen LogP contribution in [0.15, 0.2) is 15.7 Å². The number of amides is 1. The maximum atomic E-state index is 11.8. The van der Waals surface area contributed by atoms with E-state index in [1.807, 2.05) is 4.98 Å². The molecule has 1 unspecified atom stereocenters. The monoisotopic (exact) mass is 269 g/mol. The molecule has 1 rings (SSSR count). The van der Waals surface area contributed by atoms with Crippen molar-refractivity contribution in [2.45, 2.75) is 26.3 Å². The number of aromatic nitrogens is 2. The quantitative estimate of drug-likeness (QED) is 0.560. The lowest BCUT2D eigenvalue weighted by atomic mass is 9.99. The summed E-state index contributed by atoms with van der Waals surface area (Å²) in [4.78, 5) is 48.9. The van der Waals surface area contributed by atoms with Gasteiger partial charge in [0.25, 0.3) is 11.5 Å². The molecule has 8 heteroatoms. The van der Waals surface area contributed by atoms with Crippen LogP contribution < -0.4 is 16.6 Å². The number of H-pyrrole nitrogens is 2. The Morgan fingerprint density at radius 3 is 2.47 bits per heavy atom. The van der Waals surface area contributed by atoms with Crippen molar-refractivity contribution in [3.8, 4) is 0 Å². The normalized spacial score (nSPS) is 13.6. The standard InChI is InChI=1S/C11H15N3O5/c1-3-5(2)8(10(17)18)14-9(16)6-4-7(15)13-11(19)12-6/h4-5,8H,3H2,1-2H3,(H,14,16)(H,17,18)(H2,12,13,15,19)/t5?,8-/m0/s1. The Balaban J connectivity index is 2.97. The number of hydrogen-bond acceptors (Lipinski definition) is 4. The second kappa shape index (κ2) is 5.98. The Bertz CT molecular complexity index is 560. The second-order valence-electron chi connectivity index (χ2n) is 4.18. The summed E-state index contributed by atoms with van der Waals surface area (Å²) in [5.41, 5.74) is -1.83. The molecule has 0 saturated heterocycles.